The minimum absolute atomic E-state index is 0.123. The number of hydrogen-bond acceptors (Lipinski definition) is 4. The fourth-order valence-electron chi connectivity index (χ4n) is 2.74. The van der Waals surface area contributed by atoms with Crippen LogP contribution in [0, 0.1) is 13.8 Å². The Morgan fingerprint density at radius 2 is 2.22 bits per heavy atom. The van der Waals surface area contributed by atoms with Crippen molar-refractivity contribution < 1.29 is 9.59 Å². The molecule has 1 aliphatic heterocycles. The van der Waals surface area contributed by atoms with Gasteiger partial charge in [0.15, 0.2) is 0 Å². The number of aromatic nitrogens is 1. The van der Waals surface area contributed by atoms with Crippen molar-refractivity contribution in [2.75, 3.05) is 11.4 Å². The molecular weight excluding hydrogens is 310 g/mol. The summed E-state index contributed by atoms with van der Waals surface area (Å²) in [6, 6.07) is 7.24. The molecule has 1 saturated heterocycles. The number of nitrogens with zero attached hydrogens (tertiary/aromatic N) is 2. The van der Waals surface area contributed by atoms with E-state index in [-0.39, 0.29) is 11.8 Å². The van der Waals surface area contributed by atoms with Crippen LogP contribution in [0.15, 0.2) is 24.3 Å². The van der Waals surface area contributed by atoms with Crippen molar-refractivity contribution in [1.82, 2.24) is 10.3 Å². The van der Waals surface area contributed by atoms with E-state index < -0.39 is 0 Å². The van der Waals surface area contributed by atoms with E-state index in [1.807, 2.05) is 26.0 Å². The molecule has 0 aliphatic carbocycles. The molecule has 0 radical (unpaired) electrons. The number of amides is 2. The number of carbonyl (C=O) groups is 2. The highest BCUT2D eigenvalue weighted by molar-refractivity contribution is 7.11. The predicted molar refractivity (Wildman–Crippen MR) is 90.8 cm³/mol. The smallest absolute Gasteiger partial charge is 0.251 e. The molecule has 0 spiro atoms. The van der Waals surface area contributed by atoms with Crippen molar-refractivity contribution >= 4 is 28.8 Å². The van der Waals surface area contributed by atoms with Crippen LogP contribution < -0.4 is 10.2 Å². The molecule has 6 heteroatoms. The van der Waals surface area contributed by atoms with Gasteiger partial charge in [-0.2, -0.15) is 0 Å². The van der Waals surface area contributed by atoms with Gasteiger partial charge >= 0.3 is 0 Å². The largest absolute Gasteiger partial charge is 0.347 e. The lowest BCUT2D eigenvalue weighted by atomic mass is 10.1. The third-order valence-electron chi connectivity index (χ3n) is 3.90. The Morgan fingerprint density at radius 3 is 2.87 bits per heavy atom. The Morgan fingerprint density at radius 1 is 1.39 bits per heavy atom. The first kappa shape index (κ1) is 15.7. The molecule has 2 amide bonds. The number of benzene rings is 1. The van der Waals surface area contributed by atoms with Gasteiger partial charge in [-0.05, 0) is 38.5 Å². The fourth-order valence-corrected chi connectivity index (χ4v) is 3.61. The summed E-state index contributed by atoms with van der Waals surface area (Å²) in [5.74, 6) is -0.0118. The standard InChI is InChI=1S/C17H19N3O2S/c1-11-15(23-12(2)19-11)10-18-17(22)13-5-3-6-14(9-13)20-8-4-7-16(20)21/h3,5-6,9H,4,7-8,10H2,1-2H3,(H,18,22). The zero-order valence-corrected chi connectivity index (χ0v) is 14.1. The summed E-state index contributed by atoms with van der Waals surface area (Å²) in [4.78, 5) is 31.4. The van der Waals surface area contributed by atoms with Crippen LogP contribution in [0.2, 0.25) is 0 Å². The molecule has 120 valence electrons. The molecule has 0 bridgehead atoms. The van der Waals surface area contributed by atoms with Gasteiger partial charge in [0.1, 0.15) is 0 Å². The normalized spacial score (nSPS) is 14.3. The Bertz CT molecular complexity index is 754. The Kier molecular flexibility index (Phi) is 4.43. The van der Waals surface area contributed by atoms with Crippen LogP contribution >= 0.6 is 11.3 Å². The summed E-state index contributed by atoms with van der Waals surface area (Å²) in [6.07, 6.45) is 1.46. The molecule has 23 heavy (non-hydrogen) atoms. The second kappa shape index (κ2) is 6.50. The average molecular weight is 329 g/mol. The van der Waals surface area contributed by atoms with Gasteiger partial charge in [-0.3, -0.25) is 9.59 Å². The van der Waals surface area contributed by atoms with Crippen molar-refractivity contribution in [3.8, 4) is 0 Å². The van der Waals surface area contributed by atoms with E-state index in [0.717, 1.165) is 34.2 Å². The number of aryl methyl sites for hydroxylation is 2. The van der Waals surface area contributed by atoms with E-state index in [0.29, 0.717) is 18.5 Å². The molecule has 1 fully saturated rings. The number of anilines is 1. The molecule has 1 aliphatic rings. The van der Waals surface area contributed by atoms with Gasteiger partial charge < -0.3 is 10.2 Å². The Labute approximate surface area is 139 Å². The molecule has 0 atom stereocenters. The monoisotopic (exact) mass is 329 g/mol. The molecule has 1 N–H and O–H groups in total. The Hall–Kier alpha value is -2.21. The van der Waals surface area contributed by atoms with Gasteiger partial charge in [-0.1, -0.05) is 6.07 Å². The van der Waals surface area contributed by atoms with Crippen molar-refractivity contribution in [3.05, 3.63) is 45.4 Å². The van der Waals surface area contributed by atoms with Crippen molar-refractivity contribution in [2.45, 2.75) is 33.2 Å². The minimum atomic E-state index is -0.135. The lowest BCUT2D eigenvalue weighted by Crippen LogP contribution is -2.25. The zero-order valence-electron chi connectivity index (χ0n) is 13.3. The first-order valence-corrected chi connectivity index (χ1v) is 8.48. The van der Waals surface area contributed by atoms with Gasteiger partial charge in [0.2, 0.25) is 5.91 Å². The highest BCUT2D eigenvalue weighted by Crippen LogP contribution is 2.22. The topological polar surface area (TPSA) is 62.3 Å². The lowest BCUT2D eigenvalue weighted by Gasteiger charge is -2.16. The predicted octanol–water partition coefficient (Wildman–Crippen LogP) is 2.82. The SMILES string of the molecule is Cc1nc(C)c(CNC(=O)c2cccc(N3CCCC3=O)c2)s1. The van der Waals surface area contributed by atoms with Gasteiger partial charge in [0.25, 0.3) is 5.91 Å². The summed E-state index contributed by atoms with van der Waals surface area (Å²) in [6.45, 7) is 5.11. The van der Waals surface area contributed by atoms with Gasteiger partial charge in [0.05, 0.1) is 17.2 Å². The summed E-state index contributed by atoms with van der Waals surface area (Å²) < 4.78 is 0. The van der Waals surface area contributed by atoms with Crippen LogP contribution in [0.3, 0.4) is 0 Å². The minimum Gasteiger partial charge on any atom is -0.347 e. The van der Waals surface area contributed by atoms with Crippen LogP contribution in [0.1, 0.15) is 38.8 Å². The first-order chi connectivity index (χ1) is 11.0. The molecule has 0 saturated carbocycles. The number of hydrogen-bond donors (Lipinski definition) is 1. The second-order valence-corrected chi connectivity index (χ2v) is 6.91. The summed E-state index contributed by atoms with van der Waals surface area (Å²) in [7, 11) is 0. The van der Waals surface area contributed by atoms with Gasteiger partial charge in [-0.25, -0.2) is 4.98 Å². The van der Waals surface area contributed by atoms with E-state index in [4.69, 9.17) is 0 Å². The molecule has 5 nitrogen and oxygen atoms in total. The third kappa shape index (κ3) is 3.42. The highest BCUT2D eigenvalue weighted by Gasteiger charge is 2.22. The second-order valence-electron chi connectivity index (χ2n) is 5.62. The maximum absolute atomic E-state index is 12.4. The van der Waals surface area contributed by atoms with Gasteiger partial charge in [0, 0.05) is 29.1 Å². The molecule has 2 heterocycles. The van der Waals surface area contributed by atoms with Crippen molar-refractivity contribution in [1.29, 1.82) is 0 Å². The third-order valence-corrected chi connectivity index (χ3v) is 4.98. The van der Waals surface area contributed by atoms with E-state index in [2.05, 4.69) is 10.3 Å². The fraction of sp³-hybridized carbons (Fsp3) is 0.353. The van der Waals surface area contributed by atoms with Crippen LogP contribution in [0.5, 0.6) is 0 Å². The van der Waals surface area contributed by atoms with E-state index in [9.17, 15) is 9.59 Å². The number of thiazole rings is 1. The van der Waals surface area contributed by atoms with Crippen LogP contribution in [0.25, 0.3) is 0 Å². The summed E-state index contributed by atoms with van der Waals surface area (Å²) in [5.41, 5.74) is 2.33. The molecule has 3 rings (SSSR count). The molecule has 2 aromatic rings. The van der Waals surface area contributed by atoms with E-state index in [1.165, 1.54) is 0 Å². The van der Waals surface area contributed by atoms with Crippen LogP contribution in [-0.2, 0) is 11.3 Å². The maximum Gasteiger partial charge on any atom is 0.251 e. The summed E-state index contributed by atoms with van der Waals surface area (Å²) >= 11 is 1.60. The maximum atomic E-state index is 12.4. The summed E-state index contributed by atoms with van der Waals surface area (Å²) in [5, 5.41) is 3.93. The van der Waals surface area contributed by atoms with Gasteiger partial charge in [-0.15, -0.1) is 11.3 Å². The quantitative estimate of drug-likeness (QED) is 0.938. The van der Waals surface area contributed by atoms with E-state index in [1.54, 1.807) is 28.4 Å². The van der Waals surface area contributed by atoms with E-state index >= 15 is 0 Å². The lowest BCUT2D eigenvalue weighted by molar-refractivity contribution is -0.117. The zero-order chi connectivity index (χ0) is 16.4. The number of rotatable bonds is 4. The Balaban J connectivity index is 1.70. The average Bonchev–Trinajstić information content (AvgIpc) is 3.10. The molecule has 1 aromatic heterocycles. The van der Waals surface area contributed by atoms with Crippen LogP contribution in [-0.4, -0.2) is 23.3 Å². The number of nitrogens with one attached hydrogen (secondary N) is 1. The van der Waals surface area contributed by atoms with Crippen LogP contribution in [0.4, 0.5) is 5.69 Å². The highest BCUT2D eigenvalue weighted by atomic mass is 32.1. The van der Waals surface area contributed by atoms with Crippen molar-refractivity contribution in [3.63, 3.8) is 0 Å². The van der Waals surface area contributed by atoms with Crippen molar-refractivity contribution in [2.24, 2.45) is 0 Å². The first-order valence-electron chi connectivity index (χ1n) is 7.66. The molecule has 1 aromatic carbocycles. The number of carbonyl (C=O) groups excluding carboxylic acids is 2. The molecular formula is C17H19N3O2S. The molecule has 0 unspecified atom stereocenters.